The van der Waals surface area contributed by atoms with E-state index in [-0.39, 0.29) is 11.6 Å². The van der Waals surface area contributed by atoms with Crippen molar-refractivity contribution in [1.82, 2.24) is 5.32 Å². The molecule has 0 saturated carbocycles. The molecule has 1 heterocycles. The molecule has 2 atom stereocenters. The summed E-state index contributed by atoms with van der Waals surface area (Å²) in [6, 6.07) is 0. The van der Waals surface area contributed by atoms with Gasteiger partial charge < -0.3 is 23.3 Å². The highest BCUT2D eigenvalue weighted by Crippen LogP contribution is 2.34. The van der Waals surface area contributed by atoms with E-state index in [1.54, 1.807) is 0 Å². The van der Waals surface area contributed by atoms with Gasteiger partial charge in [-0.2, -0.15) is 0 Å². The molecule has 0 bridgehead atoms. The fraction of sp³-hybridized carbons (Fsp3) is 1.00. The molecule has 1 aliphatic heterocycles. The van der Waals surface area contributed by atoms with Gasteiger partial charge >= 0.3 is 8.80 Å². The van der Waals surface area contributed by atoms with Crippen LogP contribution in [0.3, 0.4) is 0 Å². The van der Waals surface area contributed by atoms with Crippen molar-refractivity contribution in [3.63, 3.8) is 0 Å². The van der Waals surface area contributed by atoms with Gasteiger partial charge in [-0.25, -0.2) is 0 Å². The van der Waals surface area contributed by atoms with Gasteiger partial charge in [0.15, 0.2) is 0 Å². The Balaban J connectivity index is 2.87. The number of hydrogen-bond donors (Lipinski definition) is 1. The lowest BCUT2D eigenvalue weighted by Crippen LogP contribution is -2.57. The summed E-state index contributed by atoms with van der Waals surface area (Å²) in [4.78, 5) is 0. The quantitative estimate of drug-likeness (QED) is 0.657. The zero-order chi connectivity index (χ0) is 14.1. The normalized spacial score (nSPS) is 22.4. The fourth-order valence-electron chi connectivity index (χ4n) is 2.63. The smallest absolute Gasteiger partial charge is 0.375 e. The first-order valence-electron chi connectivity index (χ1n) is 7.48. The van der Waals surface area contributed by atoms with Crippen LogP contribution >= 0.6 is 0 Å². The maximum Gasteiger partial charge on any atom is 0.506 e. The first kappa shape index (κ1) is 17.1. The molecule has 0 aromatic heterocycles. The Morgan fingerprint density at radius 1 is 1.11 bits per heavy atom. The minimum Gasteiger partial charge on any atom is -0.375 e. The van der Waals surface area contributed by atoms with Gasteiger partial charge in [-0.3, -0.25) is 0 Å². The van der Waals surface area contributed by atoms with E-state index in [0.29, 0.717) is 19.8 Å². The number of morpholine rings is 1. The van der Waals surface area contributed by atoms with Crippen LogP contribution in [-0.4, -0.2) is 54.4 Å². The largest absolute Gasteiger partial charge is 0.506 e. The van der Waals surface area contributed by atoms with E-state index in [4.69, 9.17) is 18.0 Å². The van der Waals surface area contributed by atoms with Gasteiger partial charge in [0.25, 0.3) is 0 Å². The molecule has 1 aliphatic rings. The highest BCUT2D eigenvalue weighted by Gasteiger charge is 2.52. The molecule has 1 N–H and O–H groups in total. The summed E-state index contributed by atoms with van der Waals surface area (Å²) in [5.74, 6) is 0. The van der Waals surface area contributed by atoms with E-state index >= 15 is 0 Å². The van der Waals surface area contributed by atoms with Gasteiger partial charge in [-0.15, -0.1) is 0 Å². The average Bonchev–Trinajstić information content (AvgIpc) is 2.41. The predicted octanol–water partition coefficient (Wildman–Crippen LogP) is 1.80. The van der Waals surface area contributed by atoms with E-state index < -0.39 is 8.80 Å². The molecule has 0 amide bonds. The van der Waals surface area contributed by atoms with Crippen LogP contribution in [0.2, 0.25) is 5.54 Å². The van der Waals surface area contributed by atoms with Crippen molar-refractivity contribution in [3.8, 4) is 0 Å². The summed E-state index contributed by atoms with van der Waals surface area (Å²) < 4.78 is 23.9. The molecule has 1 fully saturated rings. The Hall–Kier alpha value is 0.0169. The van der Waals surface area contributed by atoms with Crippen molar-refractivity contribution in [3.05, 3.63) is 0 Å². The van der Waals surface area contributed by atoms with Crippen molar-refractivity contribution < 1.29 is 18.0 Å². The van der Waals surface area contributed by atoms with E-state index in [2.05, 4.69) is 12.2 Å². The van der Waals surface area contributed by atoms with Crippen LogP contribution in [0.15, 0.2) is 0 Å². The summed E-state index contributed by atoms with van der Waals surface area (Å²) in [5, 5.41) is 3.38. The molecule has 5 nitrogen and oxygen atoms in total. The molecule has 0 radical (unpaired) electrons. The van der Waals surface area contributed by atoms with E-state index in [1.165, 1.54) is 0 Å². The van der Waals surface area contributed by atoms with Gasteiger partial charge in [-0.1, -0.05) is 6.92 Å². The molecule has 0 spiro atoms. The lowest BCUT2D eigenvalue weighted by Gasteiger charge is -2.40. The summed E-state index contributed by atoms with van der Waals surface area (Å²) in [7, 11) is -2.68. The third-order valence-corrected chi connectivity index (χ3v) is 7.10. The topological polar surface area (TPSA) is 49.0 Å². The zero-order valence-corrected chi connectivity index (χ0v) is 13.7. The average molecular weight is 291 g/mol. The summed E-state index contributed by atoms with van der Waals surface area (Å²) in [6.07, 6.45) is 1.06. The Morgan fingerprint density at radius 2 is 1.68 bits per heavy atom. The highest BCUT2D eigenvalue weighted by molar-refractivity contribution is 6.62. The summed E-state index contributed by atoms with van der Waals surface area (Å²) in [6.45, 7) is 12.5. The van der Waals surface area contributed by atoms with Crippen molar-refractivity contribution >= 4 is 8.80 Å². The van der Waals surface area contributed by atoms with Gasteiger partial charge in [0.2, 0.25) is 0 Å². The SMILES string of the molecule is CCO[Si](OCC)(OCC)C(CC)C1CNCCO1. The van der Waals surface area contributed by atoms with E-state index in [1.807, 2.05) is 20.8 Å². The van der Waals surface area contributed by atoms with Crippen molar-refractivity contribution in [2.75, 3.05) is 39.5 Å². The van der Waals surface area contributed by atoms with Gasteiger partial charge in [0, 0.05) is 32.9 Å². The van der Waals surface area contributed by atoms with Crippen molar-refractivity contribution in [2.24, 2.45) is 0 Å². The Bertz CT molecular complexity index is 220. The maximum absolute atomic E-state index is 6.00. The van der Waals surface area contributed by atoms with Gasteiger partial charge in [-0.05, 0) is 27.2 Å². The monoisotopic (exact) mass is 291 g/mol. The van der Waals surface area contributed by atoms with E-state index in [0.717, 1.165) is 26.1 Å². The van der Waals surface area contributed by atoms with Crippen LogP contribution in [0.1, 0.15) is 34.1 Å². The molecule has 1 rings (SSSR count). The van der Waals surface area contributed by atoms with Crippen LogP contribution in [0, 0.1) is 0 Å². The Morgan fingerprint density at radius 3 is 2.05 bits per heavy atom. The third kappa shape index (κ3) is 4.51. The molecule has 0 aliphatic carbocycles. The second kappa shape index (κ2) is 9.04. The van der Waals surface area contributed by atoms with Gasteiger partial charge in [0.05, 0.1) is 18.3 Å². The fourth-order valence-corrected chi connectivity index (χ4v) is 5.90. The lowest BCUT2D eigenvalue weighted by atomic mass is 10.2. The van der Waals surface area contributed by atoms with Crippen LogP contribution in [0.25, 0.3) is 0 Å². The minimum absolute atomic E-state index is 0.120. The predicted molar refractivity (Wildman–Crippen MR) is 77.3 cm³/mol. The van der Waals surface area contributed by atoms with Crippen LogP contribution in [0.5, 0.6) is 0 Å². The number of nitrogens with one attached hydrogen (secondary N) is 1. The molecule has 19 heavy (non-hydrogen) atoms. The zero-order valence-electron chi connectivity index (χ0n) is 12.7. The molecule has 114 valence electrons. The second-order valence-electron chi connectivity index (χ2n) is 4.53. The number of rotatable bonds is 9. The summed E-state index contributed by atoms with van der Waals surface area (Å²) in [5.41, 5.74) is 0.195. The molecular formula is C13H29NO4Si. The van der Waals surface area contributed by atoms with Gasteiger partial charge in [0.1, 0.15) is 0 Å². The van der Waals surface area contributed by atoms with Crippen LogP contribution < -0.4 is 5.32 Å². The van der Waals surface area contributed by atoms with Crippen molar-refractivity contribution in [1.29, 1.82) is 0 Å². The molecule has 1 saturated heterocycles. The first-order valence-corrected chi connectivity index (χ1v) is 9.28. The molecule has 2 unspecified atom stereocenters. The molecule has 0 aromatic rings. The molecule has 6 heteroatoms. The Labute approximate surface area is 118 Å². The number of hydrogen-bond acceptors (Lipinski definition) is 5. The molecular weight excluding hydrogens is 262 g/mol. The Kier molecular flexibility index (Phi) is 8.13. The first-order chi connectivity index (χ1) is 9.24. The molecule has 0 aromatic carbocycles. The lowest BCUT2D eigenvalue weighted by molar-refractivity contribution is -0.0122. The maximum atomic E-state index is 6.00. The van der Waals surface area contributed by atoms with Crippen molar-refractivity contribution in [2.45, 2.75) is 45.8 Å². The second-order valence-corrected chi connectivity index (χ2v) is 7.35. The summed E-state index contributed by atoms with van der Waals surface area (Å²) >= 11 is 0. The standard InChI is InChI=1S/C13H29NO4Si/c1-5-13(12-11-14-9-10-15-12)19(16-6-2,17-7-3)18-8-4/h12-14H,5-11H2,1-4H3. The van der Waals surface area contributed by atoms with Crippen LogP contribution in [0.4, 0.5) is 0 Å². The minimum atomic E-state index is -2.68. The van der Waals surface area contributed by atoms with E-state index in [9.17, 15) is 0 Å². The third-order valence-electron chi connectivity index (χ3n) is 3.34. The highest BCUT2D eigenvalue weighted by atomic mass is 28.4. The van der Waals surface area contributed by atoms with Crippen LogP contribution in [-0.2, 0) is 18.0 Å². The number of ether oxygens (including phenoxy) is 1.